The average molecular weight is 514 g/mol. The first kappa shape index (κ1) is 26.6. The van der Waals surface area contributed by atoms with E-state index in [1.165, 1.54) is 4.68 Å². The first-order chi connectivity index (χ1) is 18.3. The molecule has 1 aromatic heterocycles. The van der Waals surface area contributed by atoms with Crippen LogP contribution >= 0.6 is 0 Å². The van der Waals surface area contributed by atoms with Crippen LogP contribution in [0.4, 0.5) is 0 Å². The van der Waals surface area contributed by atoms with Gasteiger partial charge in [0, 0.05) is 5.56 Å². The monoisotopic (exact) mass is 513 g/mol. The Labute approximate surface area is 221 Å². The summed E-state index contributed by atoms with van der Waals surface area (Å²) in [7, 11) is 1.65. The number of esters is 1. The second-order valence-electron chi connectivity index (χ2n) is 9.04. The second-order valence-corrected chi connectivity index (χ2v) is 9.04. The van der Waals surface area contributed by atoms with E-state index in [2.05, 4.69) is 18.9 Å². The number of hydrogen-bond donors (Lipinski definition) is 0. The van der Waals surface area contributed by atoms with Crippen molar-refractivity contribution in [3.63, 3.8) is 0 Å². The molecular formula is C30H31N3O5. The van der Waals surface area contributed by atoms with Crippen LogP contribution in [-0.4, -0.2) is 42.2 Å². The van der Waals surface area contributed by atoms with Crippen LogP contribution < -0.4 is 15.0 Å². The molecule has 0 aliphatic carbocycles. The minimum atomic E-state index is -0.428. The summed E-state index contributed by atoms with van der Waals surface area (Å²) < 4.78 is 17.3. The Morgan fingerprint density at radius 3 is 2.53 bits per heavy atom. The van der Waals surface area contributed by atoms with Crippen molar-refractivity contribution in [2.45, 2.75) is 33.6 Å². The number of para-hydroxylation sites is 1. The van der Waals surface area contributed by atoms with Crippen LogP contribution in [0.3, 0.4) is 0 Å². The van der Waals surface area contributed by atoms with Crippen LogP contribution in [0.5, 0.6) is 11.5 Å². The van der Waals surface area contributed by atoms with Gasteiger partial charge >= 0.3 is 5.97 Å². The summed E-state index contributed by atoms with van der Waals surface area (Å²) in [6, 6.07) is 18.3. The highest BCUT2D eigenvalue weighted by Gasteiger charge is 2.18. The Bertz CT molecular complexity index is 1540. The van der Waals surface area contributed by atoms with Crippen molar-refractivity contribution in [3.05, 3.63) is 87.7 Å². The van der Waals surface area contributed by atoms with Gasteiger partial charge in [-0.05, 0) is 85.0 Å². The number of fused-ring (bicyclic) bond motifs is 1. The van der Waals surface area contributed by atoms with Gasteiger partial charge in [-0.25, -0.2) is 9.78 Å². The minimum Gasteiger partial charge on any atom is -0.496 e. The molecule has 4 rings (SSSR count). The lowest BCUT2D eigenvalue weighted by molar-refractivity contribution is -0.145. The number of carbonyl (C=O) groups is 1. The number of ether oxygens (including phenoxy) is 3. The van der Waals surface area contributed by atoms with E-state index < -0.39 is 5.97 Å². The average Bonchev–Trinajstić information content (AvgIpc) is 2.91. The number of aromatic nitrogens is 2. The number of nitrogens with zero attached hydrogens (tertiary/aromatic N) is 3. The van der Waals surface area contributed by atoms with E-state index in [0.717, 1.165) is 28.0 Å². The zero-order valence-electron chi connectivity index (χ0n) is 22.2. The van der Waals surface area contributed by atoms with Gasteiger partial charge in [-0.3, -0.25) is 4.79 Å². The smallest absolute Gasteiger partial charge is 0.344 e. The Kier molecular flexibility index (Phi) is 8.21. The lowest BCUT2D eigenvalue weighted by atomic mass is 9.96. The van der Waals surface area contributed by atoms with Gasteiger partial charge in [0.1, 0.15) is 11.5 Å². The summed E-state index contributed by atoms with van der Waals surface area (Å²) in [5.74, 6) is 1.54. The van der Waals surface area contributed by atoms with Crippen LogP contribution in [0, 0.1) is 6.92 Å². The molecule has 8 heteroatoms. The maximum Gasteiger partial charge on any atom is 0.344 e. The van der Waals surface area contributed by atoms with E-state index in [-0.39, 0.29) is 18.1 Å². The SMILES string of the molecule is CCOC(=O)COc1ccc(C=Nn2c(-c3cc(C(C)C)c(OC)cc3C)nc3ccccc3c2=O)cc1. The van der Waals surface area contributed by atoms with E-state index in [9.17, 15) is 9.59 Å². The Morgan fingerprint density at radius 2 is 1.84 bits per heavy atom. The van der Waals surface area contributed by atoms with Crippen molar-refractivity contribution in [2.75, 3.05) is 20.3 Å². The maximum atomic E-state index is 13.6. The van der Waals surface area contributed by atoms with Gasteiger partial charge in [0.15, 0.2) is 12.4 Å². The molecule has 8 nitrogen and oxygen atoms in total. The topological polar surface area (TPSA) is 92.0 Å². The van der Waals surface area contributed by atoms with Gasteiger partial charge < -0.3 is 14.2 Å². The van der Waals surface area contributed by atoms with E-state index in [0.29, 0.717) is 29.1 Å². The molecule has 0 fully saturated rings. The molecular weight excluding hydrogens is 482 g/mol. The quantitative estimate of drug-likeness (QED) is 0.222. The molecule has 3 aromatic carbocycles. The van der Waals surface area contributed by atoms with Crippen molar-refractivity contribution in [3.8, 4) is 22.9 Å². The Hall–Kier alpha value is -4.46. The molecule has 0 atom stereocenters. The number of carbonyl (C=O) groups excluding carboxylic acids is 1. The third-order valence-corrected chi connectivity index (χ3v) is 6.06. The fraction of sp³-hybridized carbons (Fsp3) is 0.267. The molecule has 196 valence electrons. The van der Waals surface area contributed by atoms with Crippen LogP contribution in [0.1, 0.15) is 43.4 Å². The molecule has 0 radical (unpaired) electrons. The normalized spacial score (nSPS) is 11.3. The summed E-state index contributed by atoms with van der Waals surface area (Å²) >= 11 is 0. The predicted molar refractivity (Wildman–Crippen MR) is 148 cm³/mol. The molecule has 0 unspecified atom stereocenters. The van der Waals surface area contributed by atoms with Gasteiger partial charge in [0.05, 0.1) is 30.8 Å². The summed E-state index contributed by atoms with van der Waals surface area (Å²) in [5.41, 5.74) is 3.82. The first-order valence-electron chi connectivity index (χ1n) is 12.5. The molecule has 4 aromatic rings. The van der Waals surface area contributed by atoms with Crippen molar-refractivity contribution in [1.82, 2.24) is 9.66 Å². The number of benzene rings is 3. The number of rotatable bonds is 9. The third-order valence-electron chi connectivity index (χ3n) is 6.06. The van der Waals surface area contributed by atoms with Gasteiger partial charge in [-0.2, -0.15) is 9.78 Å². The Balaban J connectivity index is 1.76. The maximum absolute atomic E-state index is 13.6. The van der Waals surface area contributed by atoms with Gasteiger partial charge in [0.2, 0.25) is 0 Å². The predicted octanol–water partition coefficient (Wildman–Crippen LogP) is 5.33. The fourth-order valence-corrected chi connectivity index (χ4v) is 4.09. The van der Waals surface area contributed by atoms with E-state index in [1.54, 1.807) is 50.6 Å². The van der Waals surface area contributed by atoms with Crippen LogP contribution in [0.25, 0.3) is 22.3 Å². The number of aryl methyl sites for hydroxylation is 1. The highest BCUT2D eigenvalue weighted by atomic mass is 16.6. The molecule has 0 aliphatic rings. The molecule has 0 N–H and O–H groups in total. The molecule has 38 heavy (non-hydrogen) atoms. The molecule has 0 aliphatic heterocycles. The van der Waals surface area contributed by atoms with E-state index >= 15 is 0 Å². The van der Waals surface area contributed by atoms with E-state index in [4.69, 9.17) is 19.2 Å². The fourth-order valence-electron chi connectivity index (χ4n) is 4.09. The molecule has 0 saturated heterocycles. The molecule has 1 heterocycles. The van der Waals surface area contributed by atoms with Gasteiger partial charge in [-0.1, -0.05) is 26.0 Å². The van der Waals surface area contributed by atoms with Crippen molar-refractivity contribution in [1.29, 1.82) is 0 Å². The van der Waals surface area contributed by atoms with Crippen molar-refractivity contribution >= 4 is 23.1 Å². The molecule has 0 amide bonds. The zero-order chi connectivity index (χ0) is 27.2. The standard InChI is InChI=1S/C30H31N3O5/c1-6-37-28(34)18-38-22-13-11-21(12-14-22)17-31-33-29(32-26-10-8-7-9-23(26)30(33)35)25-16-24(19(2)3)27(36-5)15-20(25)4/h7-17,19H,6,18H2,1-5H3. The van der Waals surface area contributed by atoms with Crippen LogP contribution in [0.2, 0.25) is 0 Å². The summed E-state index contributed by atoms with van der Waals surface area (Å²) in [5, 5.41) is 5.04. The molecule has 0 spiro atoms. The summed E-state index contributed by atoms with van der Waals surface area (Å²) in [4.78, 5) is 29.9. The highest BCUT2D eigenvalue weighted by Crippen LogP contribution is 2.34. The highest BCUT2D eigenvalue weighted by molar-refractivity contribution is 5.82. The molecule has 0 saturated carbocycles. The number of methoxy groups -OCH3 is 1. The largest absolute Gasteiger partial charge is 0.496 e. The van der Waals surface area contributed by atoms with Gasteiger partial charge in [-0.15, -0.1) is 0 Å². The Morgan fingerprint density at radius 1 is 1.11 bits per heavy atom. The first-order valence-corrected chi connectivity index (χ1v) is 12.5. The van der Waals surface area contributed by atoms with Crippen molar-refractivity contribution in [2.24, 2.45) is 5.10 Å². The summed E-state index contributed by atoms with van der Waals surface area (Å²) in [6.45, 7) is 8.03. The van der Waals surface area contributed by atoms with Crippen LogP contribution in [-0.2, 0) is 9.53 Å². The lowest BCUT2D eigenvalue weighted by Gasteiger charge is -2.17. The van der Waals surface area contributed by atoms with Gasteiger partial charge in [0.25, 0.3) is 5.56 Å². The van der Waals surface area contributed by atoms with Crippen LogP contribution in [0.15, 0.2) is 70.6 Å². The summed E-state index contributed by atoms with van der Waals surface area (Å²) in [6.07, 6.45) is 1.60. The zero-order valence-corrected chi connectivity index (χ0v) is 22.2. The lowest BCUT2D eigenvalue weighted by Crippen LogP contribution is -2.20. The third kappa shape index (κ3) is 5.75. The second kappa shape index (κ2) is 11.7. The minimum absolute atomic E-state index is 0.164. The number of hydrogen-bond acceptors (Lipinski definition) is 7. The van der Waals surface area contributed by atoms with E-state index in [1.807, 2.05) is 37.3 Å². The molecule has 0 bridgehead atoms. The van der Waals surface area contributed by atoms with Crippen molar-refractivity contribution < 1.29 is 19.0 Å².